The molecular formula is C24H22N2O6. The van der Waals surface area contributed by atoms with E-state index in [0.29, 0.717) is 12.8 Å². The van der Waals surface area contributed by atoms with Gasteiger partial charge in [0.2, 0.25) is 0 Å². The van der Waals surface area contributed by atoms with E-state index in [1.54, 1.807) is 30.3 Å². The third-order valence-electron chi connectivity index (χ3n) is 5.50. The maximum Gasteiger partial charge on any atom is 0.509 e. The minimum Gasteiger partial charge on any atom is -0.438 e. The van der Waals surface area contributed by atoms with Crippen LogP contribution in [0.25, 0.3) is 0 Å². The molecule has 2 aromatic carbocycles. The molecule has 2 atom stereocenters. The minimum absolute atomic E-state index is 0.125. The molecule has 3 amide bonds. The van der Waals surface area contributed by atoms with Crippen LogP contribution in [0.1, 0.15) is 39.1 Å². The fourth-order valence-electron chi connectivity index (χ4n) is 3.94. The molecule has 0 aromatic heterocycles. The van der Waals surface area contributed by atoms with E-state index >= 15 is 0 Å². The van der Waals surface area contributed by atoms with Crippen molar-refractivity contribution >= 4 is 23.9 Å². The molecule has 0 unspecified atom stereocenters. The number of imide groups is 1. The van der Waals surface area contributed by atoms with Gasteiger partial charge < -0.3 is 9.47 Å². The molecule has 8 heteroatoms. The fraction of sp³-hybridized carbons (Fsp3) is 0.250. The first kappa shape index (κ1) is 21.3. The Morgan fingerprint density at radius 1 is 1.00 bits per heavy atom. The lowest BCUT2D eigenvalue weighted by Gasteiger charge is -2.35. The molecular weight excluding hydrogens is 412 g/mol. The molecule has 32 heavy (non-hydrogen) atoms. The summed E-state index contributed by atoms with van der Waals surface area (Å²) < 4.78 is 9.83. The Hall–Kier alpha value is -3.94. The molecule has 0 radical (unpaired) electrons. The van der Waals surface area contributed by atoms with Gasteiger partial charge in [-0.15, -0.1) is 0 Å². The average molecular weight is 434 g/mol. The summed E-state index contributed by atoms with van der Waals surface area (Å²) in [4.78, 5) is 54.0. The van der Waals surface area contributed by atoms with Crippen molar-refractivity contribution < 1.29 is 28.7 Å². The summed E-state index contributed by atoms with van der Waals surface area (Å²) in [7, 11) is 1.18. The van der Waals surface area contributed by atoms with Gasteiger partial charge in [-0.05, 0) is 24.1 Å². The van der Waals surface area contributed by atoms with Crippen LogP contribution < -0.4 is 0 Å². The van der Waals surface area contributed by atoms with Crippen molar-refractivity contribution in [3.63, 3.8) is 0 Å². The van der Waals surface area contributed by atoms with Crippen molar-refractivity contribution in [2.75, 3.05) is 7.11 Å². The monoisotopic (exact) mass is 434 g/mol. The summed E-state index contributed by atoms with van der Waals surface area (Å²) in [6.07, 6.45) is 2.59. The summed E-state index contributed by atoms with van der Waals surface area (Å²) in [6.45, 7) is 0. The molecule has 2 aromatic rings. The summed E-state index contributed by atoms with van der Waals surface area (Å²) in [6, 6.07) is 14.5. The summed E-state index contributed by atoms with van der Waals surface area (Å²) >= 11 is 0. The van der Waals surface area contributed by atoms with E-state index in [1.165, 1.54) is 18.2 Å². The summed E-state index contributed by atoms with van der Waals surface area (Å²) in [5, 5.41) is 0. The first-order valence-electron chi connectivity index (χ1n) is 10.3. The van der Waals surface area contributed by atoms with Crippen LogP contribution >= 0.6 is 0 Å². The number of allylic oxidation sites excluding steroid dienone is 1. The fourth-order valence-corrected chi connectivity index (χ4v) is 3.94. The van der Waals surface area contributed by atoms with E-state index < -0.39 is 36.1 Å². The Kier molecular flexibility index (Phi) is 6.02. The smallest absolute Gasteiger partial charge is 0.438 e. The SMILES string of the molecule is COC(=O)O[C@H]1CCC=CN1C(=O)[C@H](Cc1ccccc1)N1C(=O)c2ccccc2C1=O. The topological polar surface area (TPSA) is 93.2 Å². The number of nitrogens with zero attached hydrogens (tertiary/aromatic N) is 2. The standard InChI is InChI=1S/C24H22N2O6/c1-31-24(30)32-20-13-7-8-14-25(20)23(29)19(15-16-9-3-2-4-10-16)26-21(27)17-11-5-6-12-18(17)22(26)28/h2-6,8-12,14,19-20H,7,13,15H2,1H3/t19-,20-/m0/s1. The predicted octanol–water partition coefficient (Wildman–Crippen LogP) is 3.14. The van der Waals surface area contributed by atoms with Crippen LogP contribution in [0.5, 0.6) is 0 Å². The van der Waals surface area contributed by atoms with E-state index in [9.17, 15) is 19.2 Å². The van der Waals surface area contributed by atoms with Gasteiger partial charge in [0, 0.05) is 19.0 Å². The second-order valence-corrected chi connectivity index (χ2v) is 7.47. The van der Waals surface area contributed by atoms with Crippen LogP contribution in [0.15, 0.2) is 66.9 Å². The number of hydrogen-bond donors (Lipinski definition) is 0. The van der Waals surface area contributed by atoms with Crippen LogP contribution in [0.2, 0.25) is 0 Å². The van der Waals surface area contributed by atoms with Gasteiger partial charge in [-0.25, -0.2) is 4.79 Å². The summed E-state index contributed by atoms with van der Waals surface area (Å²) in [5.74, 6) is -1.56. The highest BCUT2D eigenvalue weighted by atomic mass is 16.7. The third kappa shape index (κ3) is 3.99. The maximum atomic E-state index is 13.7. The van der Waals surface area contributed by atoms with E-state index in [2.05, 4.69) is 4.74 Å². The molecule has 2 aliphatic heterocycles. The first-order valence-corrected chi connectivity index (χ1v) is 10.3. The molecule has 0 saturated carbocycles. The molecule has 0 fully saturated rings. The predicted molar refractivity (Wildman–Crippen MR) is 113 cm³/mol. The lowest BCUT2D eigenvalue weighted by molar-refractivity contribution is -0.143. The lowest BCUT2D eigenvalue weighted by atomic mass is 10.0. The Labute approximate surface area is 185 Å². The summed E-state index contributed by atoms with van der Waals surface area (Å²) in [5.41, 5.74) is 1.31. The second-order valence-electron chi connectivity index (χ2n) is 7.47. The molecule has 2 aliphatic rings. The lowest BCUT2D eigenvalue weighted by Crippen LogP contribution is -2.54. The molecule has 0 aliphatic carbocycles. The largest absolute Gasteiger partial charge is 0.509 e. The Bertz CT molecular complexity index is 1050. The van der Waals surface area contributed by atoms with Crippen molar-refractivity contribution in [1.29, 1.82) is 0 Å². The number of ether oxygens (including phenoxy) is 2. The van der Waals surface area contributed by atoms with Gasteiger partial charge in [-0.2, -0.15) is 0 Å². The minimum atomic E-state index is -1.11. The zero-order chi connectivity index (χ0) is 22.7. The molecule has 8 nitrogen and oxygen atoms in total. The normalized spacial score (nSPS) is 18.3. The molecule has 0 saturated heterocycles. The third-order valence-corrected chi connectivity index (χ3v) is 5.50. The number of benzene rings is 2. The molecule has 164 valence electrons. The molecule has 4 rings (SSSR count). The maximum absolute atomic E-state index is 13.7. The van der Waals surface area contributed by atoms with E-state index in [4.69, 9.17) is 4.74 Å². The van der Waals surface area contributed by atoms with Crippen LogP contribution in [-0.2, 0) is 20.7 Å². The van der Waals surface area contributed by atoms with E-state index in [0.717, 1.165) is 10.5 Å². The van der Waals surface area contributed by atoms with Gasteiger partial charge in [0.15, 0.2) is 6.23 Å². The zero-order valence-corrected chi connectivity index (χ0v) is 17.5. The van der Waals surface area contributed by atoms with Crippen molar-refractivity contribution in [3.8, 4) is 0 Å². The van der Waals surface area contributed by atoms with Crippen molar-refractivity contribution in [1.82, 2.24) is 9.80 Å². The van der Waals surface area contributed by atoms with Crippen LogP contribution in [-0.4, -0.2) is 53.1 Å². The number of carbonyl (C=O) groups excluding carboxylic acids is 4. The van der Waals surface area contributed by atoms with Crippen LogP contribution in [0, 0.1) is 0 Å². The Morgan fingerprint density at radius 2 is 1.62 bits per heavy atom. The van der Waals surface area contributed by atoms with Gasteiger partial charge in [0.1, 0.15) is 6.04 Å². The first-order chi connectivity index (χ1) is 15.5. The van der Waals surface area contributed by atoms with Crippen LogP contribution in [0.4, 0.5) is 4.79 Å². The number of rotatable bonds is 5. The highest BCUT2D eigenvalue weighted by Crippen LogP contribution is 2.28. The Morgan fingerprint density at radius 3 is 2.25 bits per heavy atom. The molecule has 0 bridgehead atoms. The second kappa shape index (κ2) is 9.05. The van der Waals surface area contributed by atoms with E-state index in [-0.39, 0.29) is 17.5 Å². The number of amides is 3. The van der Waals surface area contributed by atoms with Gasteiger partial charge in [0.25, 0.3) is 17.7 Å². The van der Waals surface area contributed by atoms with Crippen molar-refractivity contribution in [3.05, 3.63) is 83.6 Å². The van der Waals surface area contributed by atoms with Crippen molar-refractivity contribution in [2.24, 2.45) is 0 Å². The van der Waals surface area contributed by atoms with Crippen molar-refractivity contribution in [2.45, 2.75) is 31.5 Å². The number of methoxy groups -OCH3 is 1. The van der Waals surface area contributed by atoms with Gasteiger partial charge in [0.05, 0.1) is 18.2 Å². The molecule has 0 spiro atoms. The van der Waals surface area contributed by atoms with E-state index in [1.807, 2.05) is 30.3 Å². The highest BCUT2D eigenvalue weighted by Gasteiger charge is 2.45. The van der Waals surface area contributed by atoms with Crippen LogP contribution in [0.3, 0.4) is 0 Å². The van der Waals surface area contributed by atoms with Gasteiger partial charge >= 0.3 is 6.16 Å². The number of fused-ring (bicyclic) bond motifs is 1. The molecule has 0 N–H and O–H groups in total. The Balaban J connectivity index is 1.70. The number of hydrogen-bond acceptors (Lipinski definition) is 6. The zero-order valence-electron chi connectivity index (χ0n) is 17.5. The quantitative estimate of drug-likeness (QED) is 0.530. The highest BCUT2D eigenvalue weighted by molar-refractivity contribution is 6.22. The van der Waals surface area contributed by atoms with Gasteiger partial charge in [-0.3, -0.25) is 24.2 Å². The van der Waals surface area contributed by atoms with Gasteiger partial charge in [-0.1, -0.05) is 48.5 Å². The number of carbonyl (C=O) groups is 4. The average Bonchev–Trinajstić information content (AvgIpc) is 3.08. The molecule has 2 heterocycles.